The van der Waals surface area contributed by atoms with Gasteiger partial charge in [0.1, 0.15) is 22.3 Å². The van der Waals surface area contributed by atoms with Gasteiger partial charge >= 0.3 is 0 Å². The maximum absolute atomic E-state index is 6.56. The van der Waals surface area contributed by atoms with E-state index in [4.69, 9.17) is 38.7 Å². The average Bonchev–Trinajstić information content (AvgIpc) is 1.57. The second kappa shape index (κ2) is 34.3. The Hall–Kier alpha value is -17.6. The summed E-state index contributed by atoms with van der Waals surface area (Å²) in [6.45, 7) is 0. The van der Waals surface area contributed by atoms with E-state index in [2.05, 4.69) is 397 Å². The summed E-state index contributed by atoms with van der Waals surface area (Å²) in [4.78, 5) is 31.2. The monoisotopic (exact) mass is 1690 g/mol. The molecule has 0 amide bonds. The molecule has 0 unspecified atom stereocenters. The van der Waals surface area contributed by atoms with Crippen molar-refractivity contribution in [1.82, 2.24) is 39.0 Å². The smallest absolute Gasteiger partial charge is 0.164 e. The Balaban J connectivity index is 0.000000153. The molecular weight excluding hydrogens is 1610 g/mol. The Kier molecular flexibility index (Phi) is 20.8. The predicted molar refractivity (Wildman–Crippen MR) is 547 cm³/mol. The minimum absolute atomic E-state index is 0. The number of fused-ring (bicyclic) bond motifs is 12. The Bertz CT molecular complexity index is 8560. The van der Waals surface area contributed by atoms with Gasteiger partial charge in [-0.3, -0.25) is 0 Å². The van der Waals surface area contributed by atoms with Crippen LogP contribution in [0.1, 0.15) is 14.9 Å². The van der Waals surface area contributed by atoms with Crippen LogP contribution in [-0.2, 0) is 0 Å². The van der Waals surface area contributed by atoms with Crippen LogP contribution in [0.4, 0.5) is 0 Å². The molecule has 0 aliphatic carbocycles. The van der Waals surface area contributed by atoms with Gasteiger partial charge in [-0.2, -0.15) is 0 Å². The highest BCUT2D eigenvalue weighted by Gasteiger charge is 2.25. The van der Waals surface area contributed by atoms with Crippen LogP contribution in [0, 0.1) is 0 Å². The van der Waals surface area contributed by atoms with E-state index in [0.29, 0.717) is 34.9 Å². The van der Waals surface area contributed by atoms with Gasteiger partial charge in [-0.1, -0.05) is 385 Å². The summed E-state index contributed by atoms with van der Waals surface area (Å²) in [5.41, 5.74) is 30.8. The summed E-state index contributed by atoms with van der Waals surface area (Å²) in [5, 5.41) is 9.18. The van der Waals surface area contributed by atoms with Gasteiger partial charge in [0.05, 0.1) is 33.4 Å². The van der Waals surface area contributed by atoms with Crippen LogP contribution in [0.5, 0.6) is 0 Å². The number of benzene rings is 19. The summed E-state index contributed by atoms with van der Waals surface area (Å²) in [5.74, 6) is 3.64. The first-order valence-corrected chi connectivity index (χ1v) is 43.8. The highest BCUT2D eigenvalue weighted by molar-refractivity contribution is 6.16. The predicted octanol–water partition coefficient (Wildman–Crippen LogP) is 32.7. The lowest BCUT2D eigenvalue weighted by Gasteiger charge is -2.17. The quantitative estimate of drug-likeness (QED) is 0.0997. The van der Waals surface area contributed by atoms with Gasteiger partial charge in [-0.15, -0.1) is 0 Å². The molecule has 0 fully saturated rings. The average molecular weight is 1690 g/mol. The number of rotatable bonds is 15. The largest absolute Gasteiger partial charge is 0.455 e. The molecule has 6 aromatic heterocycles. The topological polar surface area (TPSA) is 113 Å². The van der Waals surface area contributed by atoms with Crippen LogP contribution in [-0.4, -0.2) is 39.0 Å². The van der Waals surface area contributed by atoms with Crippen LogP contribution in [0.25, 0.3) is 245 Å². The third-order valence-electron chi connectivity index (χ3n) is 24.9. The van der Waals surface area contributed by atoms with Crippen molar-refractivity contribution in [2.45, 2.75) is 14.9 Å². The van der Waals surface area contributed by atoms with Crippen LogP contribution in [0.3, 0.4) is 0 Å². The van der Waals surface area contributed by atoms with Crippen LogP contribution in [0.2, 0.25) is 0 Å². The first-order valence-electron chi connectivity index (χ1n) is 43.8. The molecule has 10 heteroatoms. The first-order chi connectivity index (χ1) is 64.4. The Morgan fingerprint density at radius 1 is 0.152 bits per heavy atom. The lowest BCUT2D eigenvalue weighted by Crippen LogP contribution is -2.02. The number of hydrogen-bond acceptors (Lipinski definition) is 8. The number of hydrogen-bond donors (Lipinski definition) is 0. The molecule has 0 radical (unpaired) electrons. The zero-order chi connectivity index (χ0) is 86.0. The maximum Gasteiger partial charge on any atom is 0.164 e. The first kappa shape index (κ1) is 80.2. The minimum atomic E-state index is 0. The van der Waals surface area contributed by atoms with E-state index >= 15 is 0 Å². The molecule has 0 saturated carbocycles. The summed E-state index contributed by atoms with van der Waals surface area (Å²) in [6, 6.07) is 162. The van der Waals surface area contributed by atoms with Gasteiger partial charge in [0.15, 0.2) is 34.9 Å². The molecular formula is C122H84N8O2. The normalized spacial score (nSPS) is 11.4. The van der Waals surface area contributed by atoms with Crippen LogP contribution >= 0.6 is 0 Å². The van der Waals surface area contributed by atoms with E-state index < -0.39 is 0 Å². The van der Waals surface area contributed by atoms with Gasteiger partial charge in [0, 0.05) is 98.7 Å². The second-order valence-corrected chi connectivity index (χ2v) is 32.7. The second-order valence-electron chi connectivity index (χ2n) is 32.7. The fourth-order valence-electron chi connectivity index (χ4n) is 18.7. The van der Waals surface area contributed by atoms with Crippen molar-refractivity contribution in [3.8, 4) is 158 Å². The zero-order valence-corrected chi connectivity index (χ0v) is 70.3. The van der Waals surface area contributed by atoms with Crippen molar-refractivity contribution in [2.24, 2.45) is 0 Å². The van der Waals surface area contributed by atoms with Gasteiger partial charge in [0.2, 0.25) is 0 Å². The van der Waals surface area contributed by atoms with Gasteiger partial charge in [0.25, 0.3) is 0 Å². The number of furan rings is 2. The zero-order valence-electron chi connectivity index (χ0n) is 70.3. The van der Waals surface area contributed by atoms with E-state index in [1.165, 1.54) is 21.5 Å². The van der Waals surface area contributed by atoms with Gasteiger partial charge in [-0.05, 0) is 147 Å². The van der Waals surface area contributed by atoms with Crippen molar-refractivity contribution in [2.75, 3.05) is 0 Å². The summed E-state index contributed by atoms with van der Waals surface area (Å²) >= 11 is 0. The minimum Gasteiger partial charge on any atom is -0.455 e. The molecule has 6 heterocycles. The van der Waals surface area contributed by atoms with Crippen molar-refractivity contribution in [3.05, 3.63) is 461 Å². The molecule has 0 atom stereocenters. The highest BCUT2D eigenvalue weighted by Crippen LogP contribution is 2.46. The molecule has 132 heavy (non-hydrogen) atoms. The number of aromatic nitrogens is 8. The molecule has 0 saturated heterocycles. The summed E-state index contributed by atoms with van der Waals surface area (Å²) < 4.78 is 17.9. The SMILES string of the molecule is C.C.c1ccc(-c2cccc(-c3nc(-c4cccc(-c5ccccc5)c4)nc(-c4ccc(-n5c6ccccc6c6ccc(-c7cccc8c7oc7ccccc78)cc65)c(-c5ccccc5)c4)n3)c2)cc1.c1ccc(-c2cccc(-c3nc(-c4ccccc4)nc(-c4ccc(-n5c6ccccc6c6ccc(-c7cccc8c7oc7ccccc78)cc65)c(-c5ccccc5)c4)n3)c2)cc1. The van der Waals surface area contributed by atoms with E-state index in [1.54, 1.807) is 0 Å². The van der Waals surface area contributed by atoms with Gasteiger partial charge < -0.3 is 18.0 Å². The summed E-state index contributed by atoms with van der Waals surface area (Å²) in [6.07, 6.45) is 0. The molecule has 0 N–H and O–H groups in total. The van der Waals surface area contributed by atoms with E-state index in [1.807, 2.05) is 72.8 Å². The lowest BCUT2D eigenvalue weighted by molar-refractivity contribution is 0.669. The third kappa shape index (κ3) is 14.7. The maximum atomic E-state index is 6.56. The molecule has 0 aliphatic heterocycles. The van der Waals surface area contributed by atoms with Gasteiger partial charge in [-0.25, -0.2) is 29.9 Å². The molecule has 25 aromatic rings. The molecule has 624 valence electrons. The number of para-hydroxylation sites is 6. The molecule has 0 bridgehead atoms. The molecule has 19 aromatic carbocycles. The standard InChI is InChI=1S/C63H40N4O.C57H36N4O.2CH4/c1-4-17-41(18-5-1)44-23-14-25-47(37-44)61-64-62(48-26-15-24-45(38-48)42-19-6-2-7-20-42)66-63(65-61)49-34-36-57(55(39-49)43-21-8-3-9-22-43)67-56-31-12-10-27-51(56)52-35-33-46(40-58(52)67)50-29-16-30-54-53-28-11-13-32-59(53)68-60(50)54;1-4-16-37(17-5-1)40-22-14-23-42(34-40)56-58-55(39-20-8-3-9-21-39)59-57(60-56)43-31-33-51(49(35-43)38-18-6-2-7-19-38)61-50-28-12-10-24-45(50)46-32-30-41(36-52(46)61)44-26-15-27-48-47-25-11-13-29-53(47)62-54(44)48;;/h1-40H;1-36H;2*1H4. The van der Waals surface area contributed by atoms with Crippen molar-refractivity contribution in [1.29, 1.82) is 0 Å². The highest BCUT2D eigenvalue weighted by atomic mass is 16.3. The van der Waals surface area contributed by atoms with E-state index in [-0.39, 0.29) is 14.9 Å². The Morgan fingerprint density at radius 2 is 0.409 bits per heavy atom. The Labute approximate surface area is 763 Å². The molecule has 0 aliphatic rings. The van der Waals surface area contributed by atoms with Crippen molar-refractivity contribution in [3.63, 3.8) is 0 Å². The summed E-state index contributed by atoms with van der Waals surface area (Å²) in [7, 11) is 0. The van der Waals surface area contributed by atoms with Crippen molar-refractivity contribution >= 4 is 87.5 Å². The van der Waals surface area contributed by atoms with Crippen LogP contribution in [0.15, 0.2) is 470 Å². The molecule has 0 spiro atoms. The number of nitrogens with zero attached hydrogens (tertiary/aromatic N) is 8. The molecule has 25 rings (SSSR count). The molecule has 10 nitrogen and oxygen atoms in total. The van der Waals surface area contributed by atoms with Crippen LogP contribution < -0.4 is 0 Å². The third-order valence-corrected chi connectivity index (χ3v) is 24.9. The Morgan fingerprint density at radius 3 is 0.773 bits per heavy atom. The van der Waals surface area contributed by atoms with E-state index in [0.717, 1.165) is 189 Å². The lowest BCUT2D eigenvalue weighted by atomic mass is 9.99. The van der Waals surface area contributed by atoms with E-state index in [9.17, 15) is 0 Å². The van der Waals surface area contributed by atoms with Crippen molar-refractivity contribution < 1.29 is 8.83 Å². The fourth-order valence-corrected chi connectivity index (χ4v) is 18.7. The fraction of sp³-hybridized carbons (Fsp3) is 0.0164.